The molecule has 0 unspecified atom stereocenters. The van der Waals surface area contributed by atoms with Gasteiger partial charge in [0.05, 0.1) is 27.4 Å². The molecule has 0 amide bonds. The Kier molecular flexibility index (Phi) is 6.65. The standard InChI is InChI=1S/C28H29ClF2N6O2S/c29-19-12-18-24(22(31)21(19)17-4-1-5-20-23(17)33-26(32)40-20)34-27(35-25(18)36-7-3-10-38-11-9-36)39-15-28-6-2-8-37(28)14-16(30)13-28/h1,4-5,12,16H,2-3,6-11,13-15H2,(H2,32,33)/t16-,28+/m1/s1. The molecule has 210 valence electrons. The fourth-order valence-electron chi connectivity index (χ4n) is 6.49. The lowest BCUT2D eigenvalue weighted by atomic mass is 9.95. The van der Waals surface area contributed by atoms with Crippen molar-refractivity contribution in [3.8, 4) is 17.1 Å². The van der Waals surface area contributed by atoms with Gasteiger partial charge in [-0.3, -0.25) is 4.90 Å². The Hall–Kier alpha value is -2.86. The Morgan fingerprint density at radius 1 is 1.15 bits per heavy atom. The summed E-state index contributed by atoms with van der Waals surface area (Å²) in [6.07, 6.45) is 2.20. The fourth-order valence-corrected chi connectivity index (χ4v) is 7.54. The van der Waals surface area contributed by atoms with Crippen LogP contribution in [0.2, 0.25) is 5.02 Å². The van der Waals surface area contributed by atoms with Gasteiger partial charge in [-0.2, -0.15) is 9.97 Å². The summed E-state index contributed by atoms with van der Waals surface area (Å²) in [4.78, 5) is 18.0. The zero-order valence-corrected chi connectivity index (χ0v) is 23.4. The minimum absolute atomic E-state index is 0.0690. The molecular weight excluding hydrogens is 558 g/mol. The van der Waals surface area contributed by atoms with E-state index in [4.69, 9.17) is 31.8 Å². The number of para-hydroxylation sites is 1. The number of alkyl halides is 1. The number of halogens is 3. The molecule has 2 aromatic carbocycles. The summed E-state index contributed by atoms with van der Waals surface area (Å²) >= 11 is 8.12. The first-order chi connectivity index (χ1) is 19.4. The van der Waals surface area contributed by atoms with Gasteiger partial charge in [-0.15, -0.1) is 0 Å². The monoisotopic (exact) mass is 586 g/mol. The second-order valence-electron chi connectivity index (χ2n) is 10.8. The van der Waals surface area contributed by atoms with Gasteiger partial charge in [-0.25, -0.2) is 13.8 Å². The van der Waals surface area contributed by atoms with E-state index in [2.05, 4.69) is 19.8 Å². The molecule has 3 aliphatic rings. The third-order valence-electron chi connectivity index (χ3n) is 8.30. The van der Waals surface area contributed by atoms with E-state index in [1.807, 2.05) is 12.1 Å². The smallest absolute Gasteiger partial charge is 0.319 e. The van der Waals surface area contributed by atoms with Crippen molar-refractivity contribution in [2.45, 2.75) is 37.4 Å². The molecule has 3 fully saturated rings. The number of nitrogens with zero attached hydrogens (tertiary/aromatic N) is 5. The maximum absolute atomic E-state index is 16.6. The lowest BCUT2D eigenvalue weighted by molar-refractivity contribution is 0.107. The van der Waals surface area contributed by atoms with Crippen molar-refractivity contribution < 1.29 is 18.3 Å². The number of thiazole rings is 1. The van der Waals surface area contributed by atoms with Crippen LogP contribution in [-0.4, -0.2) is 77.6 Å². The third-order valence-corrected chi connectivity index (χ3v) is 9.45. The number of ether oxygens (including phenoxy) is 2. The van der Waals surface area contributed by atoms with Gasteiger partial charge in [0.15, 0.2) is 10.9 Å². The van der Waals surface area contributed by atoms with Gasteiger partial charge < -0.3 is 20.1 Å². The first kappa shape index (κ1) is 26.1. The van der Waals surface area contributed by atoms with Crippen LogP contribution in [0.15, 0.2) is 24.3 Å². The average Bonchev–Trinajstić information content (AvgIpc) is 3.50. The summed E-state index contributed by atoms with van der Waals surface area (Å²) in [6.45, 7) is 3.97. The molecule has 12 heteroatoms. The zero-order chi connectivity index (χ0) is 27.4. The van der Waals surface area contributed by atoms with E-state index >= 15 is 4.39 Å². The van der Waals surface area contributed by atoms with Crippen LogP contribution >= 0.6 is 22.9 Å². The van der Waals surface area contributed by atoms with E-state index in [9.17, 15) is 4.39 Å². The molecule has 5 heterocycles. The minimum atomic E-state index is -0.876. The summed E-state index contributed by atoms with van der Waals surface area (Å²) < 4.78 is 43.6. The minimum Gasteiger partial charge on any atom is -0.461 e. The quantitative estimate of drug-likeness (QED) is 0.330. The molecule has 4 aromatic rings. The molecule has 3 saturated heterocycles. The van der Waals surface area contributed by atoms with Crippen LogP contribution in [-0.2, 0) is 4.74 Å². The van der Waals surface area contributed by atoms with Crippen molar-refractivity contribution in [3.05, 3.63) is 35.1 Å². The number of rotatable bonds is 5. The van der Waals surface area contributed by atoms with Crippen molar-refractivity contribution in [2.24, 2.45) is 0 Å². The lowest BCUT2D eigenvalue weighted by Crippen LogP contribution is -2.43. The molecule has 0 bridgehead atoms. The van der Waals surface area contributed by atoms with Gasteiger partial charge in [0.25, 0.3) is 0 Å². The third kappa shape index (κ3) is 4.43. The first-order valence-corrected chi connectivity index (χ1v) is 14.8. The molecule has 2 N–H and O–H groups in total. The molecule has 3 aliphatic heterocycles. The number of anilines is 2. The van der Waals surface area contributed by atoms with Crippen molar-refractivity contribution in [2.75, 3.05) is 56.6 Å². The second kappa shape index (κ2) is 10.2. The second-order valence-corrected chi connectivity index (χ2v) is 12.3. The number of hydrogen-bond acceptors (Lipinski definition) is 9. The van der Waals surface area contributed by atoms with E-state index in [0.29, 0.717) is 66.7 Å². The van der Waals surface area contributed by atoms with Gasteiger partial charge in [0, 0.05) is 49.2 Å². The highest BCUT2D eigenvalue weighted by Gasteiger charge is 2.49. The van der Waals surface area contributed by atoms with Crippen LogP contribution in [0.4, 0.5) is 19.7 Å². The van der Waals surface area contributed by atoms with Crippen LogP contribution in [0.1, 0.15) is 25.7 Å². The van der Waals surface area contributed by atoms with Crippen molar-refractivity contribution in [3.63, 3.8) is 0 Å². The number of fused-ring (bicyclic) bond motifs is 3. The highest BCUT2D eigenvalue weighted by Crippen LogP contribution is 2.43. The maximum atomic E-state index is 16.6. The predicted octanol–water partition coefficient (Wildman–Crippen LogP) is 5.46. The molecule has 0 spiro atoms. The number of hydrogen-bond donors (Lipinski definition) is 1. The largest absolute Gasteiger partial charge is 0.461 e. The SMILES string of the molecule is Nc1nc2c(-c3c(Cl)cc4c(N5CCCOCC5)nc(OC[C@@]56CCCN5C[C@H](F)C6)nc4c3F)cccc2s1. The Morgan fingerprint density at radius 2 is 2.05 bits per heavy atom. The Bertz CT molecular complexity index is 1600. The van der Waals surface area contributed by atoms with Gasteiger partial charge in [-0.1, -0.05) is 35.1 Å². The number of benzene rings is 2. The molecule has 2 aromatic heterocycles. The van der Waals surface area contributed by atoms with Crippen LogP contribution in [0.3, 0.4) is 0 Å². The van der Waals surface area contributed by atoms with Gasteiger partial charge >= 0.3 is 6.01 Å². The highest BCUT2D eigenvalue weighted by atomic mass is 35.5. The van der Waals surface area contributed by atoms with Gasteiger partial charge in [0.1, 0.15) is 24.1 Å². The van der Waals surface area contributed by atoms with Crippen LogP contribution in [0.5, 0.6) is 6.01 Å². The highest BCUT2D eigenvalue weighted by molar-refractivity contribution is 7.22. The van der Waals surface area contributed by atoms with E-state index in [1.165, 1.54) is 11.3 Å². The van der Waals surface area contributed by atoms with E-state index < -0.39 is 12.0 Å². The Labute approximate surface area is 239 Å². The zero-order valence-electron chi connectivity index (χ0n) is 21.8. The predicted molar refractivity (Wildman–Crippen MR) is 154 cm³/mol. The Morgan fingerprint density at radius 3 is 2.95 bits per heavy atom. The topological polar surface area (TPSA) is 89.6 Å². The van der Waals surface area contributed by atoms with Crippen LogP contribution < -0.4 is 15.4 Å². The number of nitrogen functional groups attached to an aromatic ring is 1. The summed E-state index contributed by atoms with van der Waals surface area (Å²) in [5.74, 6) is -0.0315. The molecule has 8 nitrogen and oxygen atoms in total. The number of nitrogens with two attached hydrogens (primary N) is 1. The van der Waals surface area contributed by atoms with Crippen molar-refractivity contribution >= 4 is 55.0 Å². The molecule has 7 rings (SSSR count). The van der Waals surface area contributed by atoms with E-state index in [0.717, 1.165) is 30.5 Å². The molecule has 0 aliphatic carbocycles. The lowest BCUT2D eigenvalue weighted by Gasteiger charge is -2.31. The van der Waals surface area contributed by atoms with Crippen LogP contribution in [0, 0.1) is 5.82 Å². The van der Waals surface area contributed by atoms with E-state index in [-0.39, 0.29) is 34.3 Å². The van der Waals surface area contributed by atoms with Crippen LogP contribution in [0.25, 0.3) is 32.2 Å². The summed E-state index contributed by atoms with van der Waals surface area (Å²) in [6, 6.07) is 7.30. The molecule has 40 heavy (non-hydrogen) atoms. The Balaban J connectivity index is 1.36. The summed E-state index contributed by atoms with van der Waals surface area (Å²) in [5, 5.41) is 1.12. The van der Waals surface area contributed by atoms with Gasteiger partial charge in [0.2, 0.25) is 0 Å². The molecule has 0 saturated carbocycles. The average molecular weight is 587 g/mol. The normalized spacial score (nSPS) is 23.7. The molecular formula is C28H29ClF2N6O2S. The first-order valence-electron chi connectivity index (χ1n) is 13.6. The van der Waals surface area contributed by atoms with E-state index in [1.54, 1.807) is 12.1 Å². The van der Waals surface area contributed by atoms with Crippen molar-refractivity contribution in [1.82, 2.24) is 19.9 Å². The van der Waals surface area contributed by atoms with Crippen molar-refractivity contribution in [1.29, 1.82) is 0 Å². The summed E-state index contributed by atoms with van der Waals surface area (Å²) in [5.41, 5.74) is 7.04. The molecule has 2 atom stereocenters. The molecule has 0 radical (unpaired) electrons. The fraction of sp³-hybridized carbons (Fsp3) is 0.464. The summed E-state index contributed by atoms with van der Waals surface area (Å²) in [7, 11) is 0. The maximum Gasteiger partial charge on any atom is 0.319 e. The van der Waals surface area contributed by atoms with Gasteiger partial charge in [-0.05, 0) is 37.9 Å². The number of aromatic nitrogens is 3.